The molecular formula is C17H12ClFN2O2S2. The Hall–Kier alpha value is -2.22. The first-order valence-electron chi connectivity index (χ1n) is 7.12. The summed E-state index contributed by atoms with van der Waals surface area (Å²) in [6.07, 6.45) is 0. The SMILES string of the molecule is COc1ccc2c(Cl)c(C(=O)NC(=S)Nc3ccc(F)cc3)sc2c1. The first kappa shape index (κ1) is 17.6. The Morgan fingerprint density at radius 1 is 1.24 bits per heavy atom. The molecule has 2 N–H and O–H groups in total. The van der Waals surface area contributed by atoms with Crippen LogP contribution in [-0.2, 0) is 0 Å². The summed E-state index contributed by atoms with van der Waals surface area (Å²) in [7, 11) is 1.57. The van der Waals surface area contributed by atoms with Crippen LogP contribution in [0.5, 0.6) is 5.75 Å². The molecule has 3 rings (SSSR count). The van der Waals surface area contributed by atoms with Gasteiger partial charge < -0.3 is 10.1 Å². The number of carbonyl (C=O) groups is 1. The molecule has 0 fully saturated rings. The molecule has 1 aromatic heterocycles. The fourth-order valence-electron chi connectivity index (χ4n) is 2.17. The summed E-state index contributed by atoms with van der Waals surface area (Å²) in [6, 6.07) is 11.0. The van der Waals surface area contributed by atoms with E-state index in [1.807, 2.05) is 6.07 Å². The first-order valence-corrected chi connectivity index (χ1v) is 8.72. The molecule has 2 aromatic carbocycles. The van der Waals surface area contributed by atoms with E-state index < -0.39 is 5.91 Å². The normalized spacial score (nSPS) is 10.5. The Morgan fingerprint density at radius 2 is 1.96 bits per heavy atom. The van der Waals surface area contributed by atoms with E-state index in [1.165, 1.54) is 35.6 Å². The zero-order valence-corrected chi connectivity index (χ0v) is 15.3. The van der Waals surface area contributed by atoms with Gasteiger partial charge in [-0.25, -0.2) is 4.39 Å². The van der Waals surface area contributed by atoms with Crippen LogP contribution in [0.3, 0.4) is 0 Å². The minimum absolute atomic E-state index is 0.0997. The third-order valence-electron chi connectivity index (χ3n) is 3.37. The molecule has 0 spiro atoms. The summed E-state index contributed by atoms with van der Waals surface area (Å²) in [5.41, 5.74) is 0.568. The van der Waals surface area contributed by atoms with Crippen LogP contribution in [0.1, 0.15) is 9.67 Å². The Bertz CT molecular complexity index is 957. The first-order chi connectivity index (χ1) is 12.0. The molecule has 0 unspecified atom stereocenters. The highest BCUT2D eigenvalue weighted by Crippen LogP contribution is 2.37. The Kier molecular flexibility index (Phi) is 5.17. The van der Waals surface area contributed by atoms with Gasteiger partial charge >= 0.3 is 0 Å². The predicted molar refractivity (Wildman–Crippen MR) is 103 cm³/mol. The van der Waals surface area contributed by atoms with E-state index in [2.05, 4.69) is 10.6 Å². The van der Waals surface area contributed by atoms with E-state index in [0.717, 1.165) is 10.1 Å². The number of halogens is 2. The van der Waals surface area contributed by atoms with Crippen molar-refractivity contribution in [3.63, 3.8) is 0 Å². The minimum Gasteiger partial charge on any atom is -0.497 e. The van der Waals surface area contributed by atoms with Gasteiger partial charge in [-0.3, -0.25) is 10.1 Å². The maximum Gasteiger partial charge on any atom is 0.269 e. The zero-order valence-electron chi connectivity index (χ0n) is 12.9. The summed E-state index contributed by atoms with van der Waals surface area (Å²) in [4.78, 5) is 12.8. The number of benzene rings is 2. The van der Waals surface area contributed by atoms with Crippen molar-refractivity contribution in [2.24, 2.45) is 0 Å². The molecule has 8 heteroatoms. The summed E-state index contributed by atoms with van der Waals surface area (Å²) in [6.45, 7) is 0. The second-order valence-corrected chi connectivity index (χ2v) is 6.86. The van der Waals surface area contributed by atoms with Gasteiger partial charge in [0.05, 0.1) is 12.1 Å². The molecule has 0 bridgehead atoms. The van der Waals surface area contributed by atoms with Crippen LogP contribution in [0.15, 0.2) is 42.5 Å². The van der Waals surface area contributed by atoms with Crippen molar-refractivity contribution in [2.75, 3.05) is 12.4 Å². The highest BCUT2D eigenvalue weighted by atomic mass is 35.5. The number of thiocarbonyl (C=S) groups is 1. The summed E-state index contributed by atoms with van der Waals surface area (Å²) >= 11 is 12.7. The monoisotopic (exact) mass is 394 g/mol. The maximum atomic E-state index is 12.9. The Balaban J connectivity index is 1.76. The van der Waals surface area contributed by atoms with Crippen LogP contribution in [0, 0.1) is 5.82 Å². The number of methoxy groups -OCH3 is 1. The molecule has 0 aliphatic heterocycles. The fourth-order valence-corrected chi connectivity index (χ4v) is 3.83. The number of rotatable bonds is 3. The summed E-state index contributed by atoms with van der Waals surface area (Å²) in [5.74, 6) is -0.0800. The second-order valence-electron chi connectivity index (χ2n) is 5.02. The van der Waals surface area contributed by atoms with Gasteiger partial charge in [0.1, 0.15) is 16.4 Å². The number of anilines is 1. The third-order valence-corrected chi connectivity index (χ3v) is 5.23. The van der Waals surface area contributed by atoms with Crippen molar-refractivity contribution >= 4 is 61.9 Å². The third kappa shape index (κ3) is 3.89. The van der Waals surface area contributed by atoms with Crippen molar-refractivity contribution < 1.29 is 13.9 Å². The number of nitrogens with one attached hydrogen (secondary N) is 2. The van der Waals surface area contributed by atoms with Crippen LogP contribution in [0.4, 0.5) is 10.1 Å². The molecule has 0 aliphatic carbocycles. The Labute approximate surface area is 157 Å². The minimum atomic E-state index is -0.412. The summed E-state index contributed by atoms with van der Waals surface area (Å²) < 4.78 is 18.9. The number of carbonyl (C=O) groups excluding carboxylic acids is 1. The molecular weight excluding hydrogens is 383 g/mol. The van der Waals surface area contributed by atoms with Gasteiger partial charge in [-0.15, -0.1) is 11.3 Å². The highest BCUT2D eigenvalue weighted by Gasteiger charge is 2.18. The number of thiophene rings is 1. The highest BCUT2D eigenvalue weighted by molar-refractivity contribution is 7.80. The molecule has 128 valence electrons. The topological polar surface area (TPSA) is 50.4 Å². The van der Waals surface area contributed by atoms with Crippen LogP contribution >= 0.6 is 35.2 Å². The standard InChI is InChI=1S/C17H12ClFN2O2S2/c1-23-11-6-7-12-13(8-11)25-15(14(12)18)16(22)21-17(24)20-10-4-2-9(19)3-5-10/h2-8H,1H3,(H2,20,21,22,24). The number of hydrogen-bond donors (Lipinski definition) is 2. The molecule has 0 aliphatic rings. The quantitative estimate of drug-likeness (QED) is 0.625. The molecule has 4 nitrogen and oxygen atoms in total. The number of hydrogen-bond acceptors (Lipinski definition) is 4. The van der Waals surface area contributed by atoms with E-state index in [-0.39, 0.29) is 10.9 Å². The van der Waals surface area contributed by atoms with E-state index >= 15 is 0 Å². The van der Waals surface area contributed by atoms with Crippen molar-refractivity contribution in [3.05, 3.63) is 58.2 Å². The van der Waals surface area contributed by atoms with Crippen LogP contribution < -0.4 is 15.4 Å². The lowest BCUT2D eigenvalue weighted by Crippen LogP contribution is -2.33. The smallest absolute Gasteiger partial charge is 0.269 e. The number of ether oxygens (including phenoxy) is 1. The van der Waals surface area contributed by atoms with Crippen LogP contribution in [0.25, 0.3) is 10.1 Å². The number of amides is 1. The lowest BCUT2D eigenvalue weighted by atomic mass is 10.2. The number of fused-ring (bicyclic) bond motifs is 1. The van der Waals surface area contributed by atoms with Crippen LogP contribution in [0.2, 0.25) is 5.02 Å². The predicted octanol–water partition coefficient (Wildman–Crippen LogP) is 4.83. The molecule has 25 heavy (non-hydrogen) atoms. The molecule has 3 aromatic rings. The average molecular weight is 395 g/mol. The van der Waals surface area contributed by atoms with Gasteiger partial charge in [-0.1, -0.05) is 11.6 Å². The fraction of sp³-hybridized carbons (Fsp3) is 0.0588. The molecule has 0 saturated heterocycles. The molecule has 0 radical (unpaired) electrons. The second kappa shape index (κ2) is 7.35. The van der Waals surface area contributed by atoms with Gasteiger partial charge in [0, 0.05) is 15.8 Å². The average Bonchev–Trinajstić information content (AvgIpc) is 2.93. The van der Waals surface area contributed by atoms with E-state index in [0.29, 0.717) is 21.3 Å². The maximum absolute atomic E-state index is 12.9. The van der Waals surface area contributed by atoms with Gasteiger partial charge in [-0.05, 0) is 54.7 Å². The molecule has 1 heterocycles. The van der Waals surface area contributed by atoms with Crippen molar-refractivity contribution in [3.8, 4) is 5.75 Å². The van der Waals surface area contributed by atoms with Gasteiger partial charge in [0.2, 0.25) is 0 Å². The van der Waals surface area contributed by atoms with Gasteiger partial charge in [0.15, 0.2) is 5.11 Å². The molecule has 0 atom stereocenters. The van der Waals surface area contributed by atoms with Crippen molar-refractivity contribution in [2.45, 2.75) is 0 Å². The molecule has 1 amide bonds. The lowest BCUT2D eigenvalue weighted by Gasteiger charge is -2.08. The molecule has 0 saturated carbocycles. The summed E-state index contributed by atoms with van der Waals surface area (Å²) in [5, 5.41) is 6.63. The van der Waals surface area contributed by atoms with E-state index in [4.69, 9.17) is 28.6 Å². The van der Waals surface area contributed by atoms with Crippen molar-refractivity contribution in [1.29, 1.82) is 0 Å². The Morgan fingerprint density at radius 3 is 2.64 bits per heavy atom. The van der Waals surface area contributed by atoms with Crippen molar-refractivity contribution in [1.82, 2.24) is 5.32 Å². The largest absolute Gasteiger partial charge is 0.497 e. The van der Waals surface area contributed by atoms with E-state index in [1.54, 1.807) is 19.2 Å². The van der Waals surface area contributed by atoms with Gasteiger partial charge in [0.25, 0.3) is 5.91 Å². The van der Waals surface area contributed by atoms with E-state index in [9.17, 15) is 9.18 Å². The van der Waals surface area contributed by atoms with Gasteiger partial charge in [-0.2, -0.15) is 0 Å². The van der Waals surface area contributed by atoms with Crippen LogP contribution in [-0.4, -0.2) is 18.1 Å². The zero-order chi connectivity index (χ0) is 18.0. The lowest BCUT2D eigenvalue weighted by molar-refractivity contribution is 0.0982.